The van der Waals surface area contributed by atoms with Gasteiger partial charge in [0.1, 0.15) is 0 Å². The first-order chi connectivity index (χ1) is 5.20. The molecule has 1 N–H and O–H groups in total. The van der Waals surface area contributed by atoms with Crippen molar-refractivity contribution in [3.63, 3.8) is 0 Å². The van der Waals surface area contributed by atoms with Gasteiger partial charge < -0.3 is 0 Å². The van der Waals surface area contributed by atoms with Crippen LogP contribution in [0.4, 0.5) is 0 Å². The lowest BCUT2D eigenvalue weighted by Gasteiger charge is -2.10. The second kappa shape index (κ2) is 4.21. The summed E-state index contributed by atoms with van der Waals surface area (Å²) in [5.74, 6) is 0. The molecule has 0 saturated heterocycles. The summed E-state index contributed by atoms with van der Waals surface area (Å²) in [4.78, 5) is 1.33. The number of rotatable bonds is 3. The molecule has 11 heavy (non-hydrogen) atoms. The van der Waals surface area contributed by atoms with E-state index in [2.05, 4.69) is 32.8 Å². The summed E-state index contributed by atoms with van der Waals surface area (Å²) in [7, 11) is 3.98. The Morgan fingerprint density at radius 3 is 2.82 bits per heavy atom. The minimum Gasteiger partial charge on any atom is -0.250 e. The highest BCUT2D eigenvalue weighted by Crippen LogP contribution is 2.21. The fourth-order valence-corrected chi connectivity index (χ4v) is 2.11. The highest BCUT2D eigenvalue weighted by Gasteiger charge is 1.99. The van der Waals surface area contributed by atoms with Crippen LogP contribution in [-0.2, 0) is 6.54 Å². The van der Waals surface area contributed by atoms with Crippen LogP contribution in [-0.4, -0.2) is 19.1 Å². The third-order valence-electron chi connectivity index (χ3n) is 1.25. The molecule has 0 atom stereocenters. The molecule has 0 aliphatic rings. The lowest BCUT2D eigenvalue weighted by atomic mass is 10.5. The average molecular weight is 235 g/mol. The van der Waals surface area contributed by atoms with Crippen LogP contribution < -0.4 is 5.43 Å². The van der Waals surface area contributed by atoms with Gasteiger partial charge in [0.2, 0.25) is 0 Å². The first-order valence-corrected chi connectivity index (χ1v) is 5.00. The van der Waals surface area contributed by atoms with Crippen LogP contribution in [0.5, 0.6) is 0 Å². The fraction of sp³-hybridized carbons (Fsp3) is 0.429. The molecule has 0 aliphatic carbocycles. The van der Waals surface area contributed by atoms with Crippen LogP contribution in [0.25, 0.3) is 0 Å². The second-order valence-electron chi connectivity index (χ2n) is 2.42. The summed E-state index contributed by atoms with van der Waals surface area (Å²) < 4.78 is 1.19. The molecule has 2 nitrogen and oxygen atoms in total. The topological polar surface area (TPSA) is 15.3 Å². The van der Waals surface area contributed by atoms with Gasteiger partial charge in [0.05, 0.1) is 0 Å². The molecule has 0 aliphatic heterocycles. The van der Waals surface area contributed by atoms with E-state index in [0.29, 0.717) is 0 Å². The minimum atomic E-state index is 0.894. The standard InChI is InChI=1S/C7H11BrN2S/c1-10(2)9-5-7-6(8)3-4-11-7/h3-4,9H,5H2,1-2H3. The molecular formula is C7H11BrN2S. The fourth-order valence-electron chi connectivity index (χ4n) is 0.681. The number of nitrogens with zero attached hydrogens (tertiary/aromatic N) is 1. The van der Waals surface area contributed by atoms with Crippen molar-refractivity contribution in [3.05, 3.63) is 20.8 Å². The van der Waals surface area contributed by atoms with Crippen molar-refractivity contribution in [1.29, 1.82) is 0 Å². The van der Waals surface area contributed by atoms with E-state index < -0.39 is 0 Å². The summed E-state index contributed by atoms with van der Waals surface area (Å²) in [6, 6.07) is 2.07. The Balaban J connectivity index is 2.44. The van der Waals surface area contributed by atoms with E-state index in [1.807, 2.05) is 19.1 Å². The van der Waals surface area contributed by atoms with Gasteiger partial charge in [-0.05, 0) is 27.4 Å². The number of hydrogen-bond donors (Lipinski definition) is 1. The predicted octanol–water partition coefficient (Wildman–Crippen LogP) is 2.08. The van der Waals surface area contributed by atoms with Crippen molar-refractivity contribution in [2.45, 2.75) is 6.54 Å². The van der Waals surface area contributed by atoms with Crippen LogP contribution >= 0.6 is 27.3 Å². The smallest absolute Gasteiger partial charge is 0.0458 e. The number of hydrazine groups is 1. The van der Waals surface area contributed by atoms with Crippen molar-refractivity contribution in [3.8, 4) is 0 Å². The average Bonchev–Trinajstić information content (AvgIpc) is 2.31. The van der Waals surface area contributed by atoms with Gasteiger partial charge in [-0.25, -0.2) is 0 Å². The van der Waals surface area contributed by atoms with Crippen LogP contribution in [0, 0.1) is 0 Å². The minimum absolute atomic E-state index is 0.894. The normalized spacial score (nSPS) is 10.9. The molecule has 0 unspecified atom stereocenters. The summed E-state index contributed by atoms with van der Waals surface area (Å²) in [5.41, 5.74) is 3.20. The molecule has 0 bridgehead atoms. The molecule has 0 aromatic carbocycles. The summed E-state index contributed by atoms with van der Waals surface area (Å²) in [6.45, 7) is 0.894. The molecule has 1 aromatic heterocycles. The third kappa shape index (κ3) is 2.91. The van der Waals surface area contributed by atoms with Crippen molar-refractivity contribution in [1.82, 2.24) is 10.4 Å². The van der Waals surface area contributed by atoms with Crippen LogP contribution in [0.15, 0.2) is 15.9 Å². The van der Waals surface area contributed by atoms with E-state index >= 15 is 0 Å². The number of thiophene rings is 1. The SMILES string of the molecule is CN(C)NCc1sccc1Br. The first kappa shape index (κ1) is 9.19. The van der Waals surface area contributed by atoms with Crippen LogP contribution in [0.2, 0.25) is 0 Å². The van der Waals surface area contributed by atoms with Gasteiger partial charge in [-0.15, -0.1) is 11.3 Å². The number of hydrogen-bond acceptors (Lipinski definition) is 3. The quantitative estimate of drug-likeness (QED) is 0.807. The van der Waals surface area contributed by atoms with E-state index in [0.717, 1.165) is 6.54 Å². The largest absolute Gasteiger partial charge is 0.250 e. The van der Waals surface area contributed by atoms with Gasteiger partial charge >= 0.3 is 0 Å². The van der Waals surface area contributed by atoms with Crippen molar-refractivity contribution >= 4 is 27.3 Å². The van der Waals surface area contributed by atoms with Gasteiger partial charge in [-0.2, -0.15) is 0 Å². The van der Waals surface area contributed by atoms with Gasteiger partial charge in [0.25, 0.3) is 0 Å². The summed E-state index contributed by atoms with van der Waals surface area (Å²) >= 11 is 5.22. The van der Waals surface area contributed by atoms with Gasteiger partial charge in [0, 0.05) is 30.0 Å². The summed E-state index contributed by atoms with van der Waals surface area (Å²) in [5, 5.41) is 4.03. The van der Waals surface area contributed by atoms with E-state index in [9.17, 15) is 0 Å². The van der Waals surface area contributed by atoms with Crippen molar-refractivity contribution in [2.24, 2.45) is 0 Å². The monoisotopic (exact) mass is 234 g/mol. The first-order valence-electron chi connectivity index (χ1n) is 3.33. The molecule has 1 heterocycles. The zero-order chi connectivity index (χ0) is 8.27. The molecular weight excluding hydrogens is 224 g/mol. The van der Waals surface area contributed by atoms with Gasteiger partial charge in [0.15, 0.2) is 0 Å². The van der Waals surface area contributed by atoms with Crippen molar-refractivity contribution in [2.75, 3.05) is 14.1 Å². The molecule has 4 heteroatoms. The molecule has 62 valence electrons. The van der Waals surface area contributed by atoms with E-state index in [4.69, 9.17) is 0 Å². The Bertz CT molecular complexity index is 222. The van der Waals surface area contributed by atoms with Gasteiger partial charge in [-0.3, -0.25) is 10.4 Å². The lowest BCUT2D eigenvalue weighted by Crippen LogP contribution is -2.29. The molecule has 1 aromatic rings. The highest BCUT2D eigenvalue weighted by molar-refractivity contribution is 9.10. The maximum atomic E-state index is 3.47. The molecule has 0 amide bonds. The molecule has 0 spiro atoms. The zero-order valence-corrected chi connectivity index (χ0v) is 9.00. The Morgan fingerprint density at radius 2 is 2.36 bits per heavy atom. The summed E-state index contributed by atoms with van der Waals surface area (Å²) in [6.07, 6.45) is 0. The number of nitrogens with one attached hydrogen (secondary N) is 1. The maximum Gasteiger partial charge on any atom is 0.0458 e. The van der Waals surface area contributed by atoms with E-state index in [1.165, 1.54) is 9.35 Å². The Hall–Kier alpha value is 0.100. The van der Waals surface area contributed by atoms with Crippen LogP contribution in [0.3, 0.4) is 0 Å². The van der Waals surface area contributed by atoms with E-state index in [-0.39, 0.29) is 0 Å². The number of halogens is 1. The second-order valence-corrected chi connectivity index (χ2v) is 4.28. The zero-order valence-electron chi connectivity index (χ0n) is 6.60. The lowest BCUT2D eigenvalue weighted by molar-refractivity contribution is 0.287. The Kier molecular flexibility index (Phi) is 3.51. The third-order valence-corrected chi connectivity index (χ3v) is 3.17. The maximum absolute atomic E-state index is 3.47. The van der Waals surface area contributed by atoms with Crippen LogP contribution in [0.1, 0.15) is 4.88 Å². The molecule has 0 saturated carbocycles. The van der Waals surface area contributed by atoms with E-state index in [1.54, 1.807) is 11.3 Å². The Morgan fingerprint density at radius 1 is 1.64 bits per heavy atom. The molecule has 1 rings (SSSR count). The molecule has 0 fully saturated rings. The van der Waals surface area contributed by atoms with Crippen molar-refractivity contribution < 1.29 is 0 Å². The predicted molar refractivity (Wildman–Crippen MR) is 52.5 cm³/mol. The highest BCUT2D eigenvalue weighted by atomic mass is 79.9. The Labute approximate surface area is 79.3 Å². The van der Waals surface area contributed by atoms with Gasteiger partial charge in [-0.1, -0.05) is 0 Å². The molecule has 0 radical (unpaired) electrons.